The predicted octanol–water partition coefficient (Wildman–Crippen LogP) is 4.55. The highest BCUT2D eigenvalue weighted by Gasteiger charge is 2.25. The van der Waals surface area contributed by atoms with Crippen LogP contribution in [-0.2, 0) is 5.60 Å². The zero-order valence-corrected chi connectivity index (χ0v) is 18.4. The molecule has 0 spiro atoms. The number of aliphatic hydroxyl groups is 2. The van der Waals surface area contributed by atoms with Gasteiger partial charge < -0.3 is 15.5 Å². The van der Waals surface area contributed by atoms with Crippen LogP contribution in [0, 0.1) is 12.8 Å². The number of rotatable bonds is 5. The molecule has 0 aliphatic heterocycles. The van der Waals surface area contributed by atoms with Gasteiger partial charge in [0.2, 0.25) is 0 Å². The van der Waals surface area contributed by atoms with E-state index in [1.165, 1.54) is 0 Å². The molecular weight excluding hydrogens is 390 g/mol. The molecule has 31 heavy (non-hydrogen) atoms. The largest absolute Gasteiger partial charge is 0.396 e. The van der Waals surface area contributed by atoms with E-state index in [9.17, 15) is 15.0 Å². The minimum Gasteiger partial charge on any atom is -0.396 e. The predicted molar refractivity (Wildman–Crippen MR) is 122 cm³/mol. The van der Waals surface area contributed by atoms with Gasteiger partial charge in [-0.05, 0) is 76.6 Å². The highest BCUT2D eigenvalue weighted by molar-refractivity contribution is 6.05. The van der Waals surface area contributed by atoms with Crippen molar-refractivity contribution in [3.05, 3.63) is 59.3 Å². The summed E-state index contributed by atoms with van der Waals surface area (Å²) < 4.78 is 2.01. The van der Waals surface area contributed by atoms with Crippen LogP contribution in [0.1, 0.15) is 67.1 Å². The quantitative estimate of drug-likeness (QED) is 0.564. The Morgan fingerprint density at radius 1 is 1.19 bits per heavy atom. The number of aromatic nitrogens is 2. The molecule has 0 saturated heterocycles. The van der Waals surface area contributed by atoms with Gasteiger partial charge in [0.25, 0.3) is 5.91 Å². The van der Waals surface area contributed by atoms with Crippen molar-refractivity contribution < 1.29 is 15.0 Å². The van der Waals surface area contributed by atoms with Crippen molar-refractivity contribution in [1.82, 2.24) is 9.78 Å². The SMILES string of the molecule is Cc1cccc(C(=O)Nc2cc3cn([C@H]4CC[C@H](CO)CC4)nc3cc2C(C)(C)O)c1. The minimum atomic E-state index is -1.13. The number of hydrogen-bond donors (Lipinski definition) is 3. The molecule has 1 aliphatic carbocycles. The lowest BCUT2D eigenvalue weighted by Crippen LogP contribution is -2.21. The fourth-order valence-electron chi connectivity index (χ4n) is 4.46. The Kier molecular flexibility index (Phi) is 5.86. The van der Waals surface area contributed by atoms with Crippen molar-refractivity contribution in [3.8, 4) is 0 Å². The Morgan fingerprint density at radius 3 is 2.58 bits per heavy atom. The molecular formula is C25H31N3O3. The highest BCUT2D eigenvalue weighted by Crippen LogP contribution is 2.35. The van der Waals surface area contributed by atoms with Crippen LogP contribution in [0.3, 0.4) is 0 Å². The van der Waals surface area contributed by atoms with Gasteiger partial charge in [0.05, 0.1) is 17.2 Å². The van der Waals surface area contributed by atoms with E-state index in [4.69, 9.17) is 5.10 Å². The summed E-state index contributed by atoms with van der Waals surface area (Å²) in [5.41, 5.74) is 2.49. The van der Waals surface area contributed by atoms with Gasteiger partial charge in [-0.15, -0.1) is 0 Å². The van der Waals surface area contributed by atoms with E-state index >= 15 is 0 Å². The smallest absolute Gasteiger partial charge is 0.255 e. The van der Waals surface area contributed by atoms with E-state index in [2.05, 4.69) is 5.32 Å². The van der Waals surface area contributed by atoms with Gasteiger partial charge in [-0.25, -0.2) is 0 Å². The molecule has 1 amide bonds. The van der Waals surface area contributed by atoms with Crippen LogP contribution in [0.25, 0.3) is 10.9 Å². The van der Waals surface area contributed by atoms with E-state index in [1.807, 2.05) is 48.1 Å². The Balaban J connectivity index is 1.66. The van der Waals surface area contributed by atoms with Gasteiger partial charge in [0.15, 0.2) is 0 Å². The molecule has 1 saturated carbocycles. The molecule has 3 aromatic rings. The third-order valence-electron chi connectivity index (χ3n) is 6.30. The van der Waals surface area contributed by atoms with Crippen molar-refractivity contribution in [3.63, 3.8) is 0 Å². The van der Waals surface area contributed by atoms with Crippen LogP contribution in [0.15, 0.2) is 42.6 Å². The van der Waals surface area contributed by atoms with Crippen LogP contribution < -0.4 is 5.32 Å². The Labute approximate surface area is 182 Å². The van der Waals surface area contributed by atoms with Crippen molar-refractivity contribution in [2.75, 3.05) is 11.9 Å². The standard InChI is InChI=1S/C25H31N3O3/c1-16-5-4-6-18(11-16)24(30)26-23-12-19-14-28(20-9-7-17(15-29)8-10-20)27-22(19)13-21(23)25(2,3)31/h4-6,11-14,17,20,29,31H,7-10,15H2,1-3H3,(H,26,30)/t17-,20-. The topological polar surface area (TPSA) is 87.4 Å². The minimum absolute atomic E-state index is 0.205. The van der Waals surface area contributed by atoms with Crippen molar-refractivity contribution in [2.45, 2.75) is 58.1 Å². The van der Waals surface area contributed by atoms with Crippen LogP contribution in [0.4, 0.5) is 5.69 Å². The first-order valence-corrected chi connectivity index (χ1v) is 11.0. The first-order valence-electron chi connectivity index (χ1n) is 11.0. The van der Waals surface area contributed by atoms with Crippen molar-refractivity contribution >= 4 is 22.5 Å². The van der Waals surface area contributed by atoms with Gasteiger partial charge in [0, 0.05) is 35.0 Å². The molecule has 0 atom stereocenters. The van der Waals surface area contributed by atoms with Crippen LogP contribution >= 0.6 is 0 Å². The van der Waals surface area contributed by atoms with E-state index in [0.717, 1.165) is 42.1 Å². The molecule has 1 fully saturated rings. The van der Waals surface area contributed by atoms with Crippen LogP contribution in [-0.4, -0.2) is 32.5 Å². The fraction of sp³-hybridized carbons (Fsp3) is 0.440. The van der Waals surface area contributed by atoms with Gasteiger partial charge in [-0.2, -0.15) is 5.10 Å². The number of nitrogens with zero attached hydrogens (tertiary/aromatic N) is 2. The van der Waals surface area contributed by atoms with Gasteiger partial charge in [0.1, 0.15) is 0 Å². The summed E-state index contributed by atoms with van der Waals surface area (Å²) in [6, 6.07) is 11.5. The summed E-state index contributed by atoms with van der Waals surface area (Å²) >= 11 is 0. The number of aliphatic hydroxyl groups excluding tert-OH is 1. The zero-order valence-electron chi connectivity index (χ0n) is 18.4. The maximum absolute atomic E-state index is 12.9. The molecule has 2 aromatic carbocycles. The number of fused-ring (bicyclic) bond motifs is 1. The van der Waals surface area contributed by atoms with Crippen molar-refractivity contribution in [2.24, 2.45) is 5.92 Å². The monoisotopic (exact) mass is 421 g/mol. The lowest BCUT2D eigenvalue weighted by Gasteiger charge is -2.27. The molecule has 4 rings (SSSR count). The number of carbonyl (C=O) groups excluding carboxylic acids is 1. The maximum atomic E-state index is 12.9. The number of nitrogens with one attached hydrogen (secondary N) is 1. The summed E-state index contributed by atoms with van der Waals surface area (Å²) in [6.07, 6.45) is 6.02. The number of carbonyl (C=O) groups is 1. The van der Waals surface area contributed by atoms with E-state index < -0.39 is 5.60 Å². The third-order valence-corrected chi connectivity index (χ3v) is 6.30. The normalized spacial score (nSPS) is 19.5. The Morgan fingerprint density at radius 2 is 1.94 bits per heavy atom. The number of aryl methyl sites for hydroxylation is 1. The number of benzene rings is 2. The first kappa shape index (κ1) is 21.5. The average Bonchev–Trinajstić information content (AvgIpc) is 3.15. The molecule has 164 valence electrons. The molecule has 3 N–H and O–H groups in total. The lowest BCUT2D eigenvalue weighted by atomic mass is 9.87. The van der Waals surface area contributed by atoms with Crippen LogP contribution in [0.5, 0.6) is 0 Å². The van der Waals surface area contributed by atoms with Gasteiger partial charge in [-0.3, -0.25) is 9.48 Å². The zero-order chi connectivity index (χ0) is 22.2. The van der Waals surface area contributed by atoms with E-state index in [-0.39, 0.29) is 12.5 Å². The molecule has 0 bridgehead atoms. The van der Waals surface area contributed by atoms with E-state index in [0.29, 0.717) is 28.8 Å². The van der Waals surface area contributed by atoms with E-state index in [1.54, 1.807) is 19.9 Å². The maximum Gasteiger partial charge on any atom is 0.255 e. The molecule has 1 heterocycles. The van der Waals surface area contributed by atoms with Crippen molar-refractivity contribution in [1.29, 1.82) is 0 Å². The highest BCUT2D eigenvalue weighted by atomic mass is 16.3. The third kappa shape index (κ3) is 4.65. The molecule has 6 heteroatoms. The number of hydrogen-bond acceptors (Lipinski definition) is 4. The van der Waals surface area contributed by atoms with Crippen LogP contribution in [0.2, 0.25) is 0 Å². The first-order chi connectivity index (χ1) is 14.7. The molecule has 0 unspecified atom stereocenters. The lowest BCUT2D eigenvalue weighted by molar-refractivity contribution is 0.0794. The summed E-state index contributed by atoms with van der Waals surface area (Å²) in [4.78, 5) is 12.9. The summed E-state index contributed by atoms with van der Waals surface area (Å²) in [7, 11) is 0. The second kappa shape index (κ2) is 8.44. The van der Waals surface area contributed by atoms with Gasteiger partial charge >= 0.3 is 0 Å². The molecule has 1 aromatic heterocycles. The summed E-state index contributed by atoms with van der Waals surface area (Å²) in [6.45, 7) is 5.63. The second-order valence-corrected chi connectivity index (χ2v) is 9.31. The summed E-state index contributed by atoms with van der Waals surface area (Å²) in [5, 5.41) is 28.8. The Hall–Kier alpha value is -2.70. The molecule has 0 radical (unpaired) electrons. The molecule has 1 aliphatic rings. The summed E-state index contributed by atoms with van der Waals surface area (Å²) in [5.74, 6) is 0.190. The Bertz CT molecular complexity index is 1090. The average molecular weight is 422 g/mol. The molecule has 6 nitrogen and oxygen atoms in total. The fourth-order valence-corrected chi connectivity index (χ4v) is 4.46. The second-order valence-electron chi connectivity index (χ2n) is 9.31. The number of anilines is 1. The number of amides is 1. The van der Waals surface area contributed by atoms with Gasteiger partial charge in [-0.1, -0.05) is 17.7 Å².